The number of fused-ring (bicyclic) bond motifs is 1. The Morgan fingerprint density at radius 1 is 1.26 bits per heavy atom. The molecule has 0 saturated carbocycles. The van der Waals surface area contributed by atoms with Crippen molar-refractivity contribution in [1.82, 2.24) is 24.0 Å². The van der Waals surface area contributed by atoms with Gasteiger partial charge in [-0.25, -0.2) is 9.78 Å². The van der Waals surface area contributed by atoms with Gasteiger partial charge in [-0.2, -0.15) is 0 Å². The highest BCUT2D eigenvalue weighted by Crippen LogP contribution is 2.15. The topological polar surface area (TPSA) is 104 Å². The minimum absolute atomic E-state index is 0.0960. The summed E-state index contributed by atoms with van der Waals surface area (Å²) in [6, 6.07) is 3.50. The third kappa shape index (κ3) is 3.57. The summed E-state index contributed by atoms with van der Waals surface area (Å²) in [6.45, 7) is 4.17. The summed E-state index contributed by atoms with van der Waals surface area (Å²) in [5.41, 5.74) is -0.107. The molecule has 1 unspecified atom stereocenters. The molecule has 144 valence electrons. The molecule has 9 nitrogen and oxygen atoms in total. The number of nitrogens with one attached hydrogen (secondary N) is 1. The van der Waals surface area contributed by atoms with Gasteiger partial charge in [0.2, 0.25) is 5.91 Å². The van der Waals surface area contributed by atoms with Gasteiger partial charge < -0.3 is 14.3 Å². The lowest BCUT2D eigenvalue weighted by atomic mass is 10.2. The van der Waals surface area contributed by atoms with Crippen LogP contribution in [0.4, 0.5) is 0 Å². The Kier molecular flexibility index (Phi) is 5.02. The van der Waals surface area contributed by atoms with Crippen molar-refractivity contribution in [2.45, 2.75) is 39.3 Å². The van der Waals surface area contributed by atoms with Crippen LogP contribution in [-0.4, -0.2) is 24.6 Å². The first-order valence-electron chi connectivity index (χ1n) is 8.76. The molecule has 27 heavy (non-hydrogen) atoms. The molecule has 1 N–H and O–H groups in total. The van der Waals surface area contributed by atoms with E-state index in [1.807, 2.05) is 26.0 Å². The minimum atomic E-state index is -0.417. The van der Waals surface area contributed by atoms with Crippen LogP contribution in [0.1, 0.15) is 37.3 Å². The van der Waals surface area contributed by atoms with Gasteiger partial charge in [0.25, 0.3) is 5.56 Å². The van der Waals surface area contributed by atoms with Gasteiger partial charge in [-0.1, -0.05) is 0 Å². The van der Waals surface area contributed by atoms with E-state index in [9.17, 15) is 14.4 Å². The second kappa shape index (κ2) is 7.26. The van der Waals surface area contributed by atoms with E-state index in [1.165, 1.54) is 17.9 Å². The van der Waals surface area contributed by atoms with Crippen molar-refractivity contribution in [2.75, 3.05) is 0 Å². The zero-order valence-corrected chi connectivity index (χ0v) is 15.9. The number of rotatable bonds is 6. The van der Waals surface area contributed by atoms with E-state index in [1.54, 1.807) is 11.6 Å². The van der Waals surface area contributed by atoms with Crippen molar-refractivity contribution in [3.8, 4) is 0 Å². The van der Waals surface area contributed by atoms with Crippen LogP contribution in [0.3, 0.4) is 0 Å². The number of aromatic nitrogens is 4. The standard InChI is InChI=1S/C18H23N5O4/c1-11-7-8-13(27-11)12(2)20-14(24)6-5-9-23-10-19-16-15(23)17(25)22(4)18(26)21(16)3/h7-8,10,12H,5-6,9H2,1-4H3,(H,20,24). The first-order valence-corrected chi connectivity index (χ1v) is 8.76. The van der Waals surface area contributed by atoms with Crippen LogP contribution >= 0.6 is 0 Å². The molecule has 3 aromatic rings. The van der Waals surface area contributed by atoms with Gasteiger partial charge in [-0.15, -0.1) is 0 Å². The summed E-state index contributed by atoms with van der Waals surface area (Å²) >= 11 is 0. The minimum Gasteiger partial charge on any atom is -0.464 e. The maximum absolute atomic E-state index is 12.4. The average Bonchev–Trinajstić information content (AvgIpc) is 3.24. The van der Waals surface area contributed by atoms with Crippen LogP contribution < -0.4 is 16.6 Å². The summed E-state index contributed by atoms with van der Waals surface area (Å²) in [6.07, 6.45) is 2.36. The summed E-state index contributed by atoms with van der Waals surface area (Å²) < 4.78 is 9.59. The molecule has 0 bridgehead atoms. The van der Waals surface area contributed by atoms with E-state index in [2.05, 4.69) is 10.3 Å². The van der Waals surface area contributed by atoms with E-state index >= 15 is 0 Å². The molecule has 3 heterocycles. The van der Waals surface area contributed by atoms with E-state index < -0.39 is 11.2 Å². The quantitative estimate of drug-likeness (QED) is 0.694. The molecule has 0 aromatic carbocycles. The zero-order valence-electron chi connectivity index (χ0n) is 15.9. The molecule has 0 aliphatic rings. The molecule has 0 fully saturated rings. The maximum atomic E-state index is 12.4. The fourth-order valence-corrected chi connectivity index (χ4v) is 3.05. The van der Waals surface area contributed by atoms with Crippen molar-refractivity contribution in [3.63, 3.8) is 0 Å². The van der Waals surface area contributed by atoms with E-state index in [-0.39, 0.29) is 11.9 Å². The molecule has 0 aliphatic heterocycles. The molecule has 0 aliphatic carbocycles. The van der Waals surface area contributed by atoms with Crippen LogP contribution in [-0.2, 0) is 25.4 Å². The second-order valence-electron chi connectivity index (χ2n) is 6.66. The summed E-state index contributed by atoms with van der Waals surface area (Å²) in [4.78, 5) is 40.7. The second-order valence-corrected chi connectivity index (χ2v) is 6.66. The van der Waals surface area contributed by atoms with E-state index in [4.69, 9.17) is 4.42 Å². The smallest absolute Gasteiger partial charge is 0.332 e. The van der Waals surface area contributed by atoms with Gasteiger partial charge in [-0.05, 0) is 32.4 Å². The number of imidazole rings is 1. The van der Waals surface area contributed by atoms with E-state index in [0.29, 0.717) is 36.3 Å². The average molecular weight is 373 g/mol. The molecule has 0 radical (unpaired) electrons. The predicted molar refractivity (Wildman–Crippen MR) is 99.5 cm³/mol. The molecular weight excluding hydrogens is 350 g/mol. The molecule has 0 spiro atoms. The third-order valence-corrected chi connectivity index (χ3v) is 4.59. The molecule has 0 saturated heterocycles. The fraction of sp³-hybridized carbons (Fsp3) is 0.444. The van der Waals surface area contributed by atoms with Crippen LogP contribution in [0.25, 0.3) is 11.2 Å². The normalized spacial score (nSPS) is 12.4. The Morgan fingerprint density at radius 2 is 2.00 bits per heavy atom. The van der Waals surface area contributed by atoms with Gasteiger partial charge in [0.15, 0.2) is 11.2 Å². The van der Waals surface area contributed by atoms with Crippen LogP contribution in [0.15, 0.2) is 32.5 Å². The van der Waals surface area contributed by atoms with Crippen molar-refractivity contribution in [3.05, 3.63) is 50.8 Å². The van der Waals surface area contributed by atoms with Gasteiger partial charge in [0.1, 0.15) is 11.5 Å². The first kappa shape index (κ1) is 18.7. The van der Waals surface area contributed by atoms with Crippen LogP contribution in [0.2, 0.25) is 0 Å². The number of aryl methyl sites for hydroxylation is 3. The SMILES string of the molecule is Cc1ccc(C(C)NC(=O)CCCn2cnc3c2c(=O)n(C)c(=O)n3C)o1. The Balaban J connectivity index is 1.65. The Hall–Kier alpha value is -3.10. The highest BCUT2D eigenvalue weighted by Gasteiger charge is 2.15. The van der Waals surface area contributed by atoms with Crippen molar-refractivity contribution >= 4 is 17.1 Å². The monoisotopic (exact) mass is 373 g/mol. The highest BCUT2D eigenvalue weighted by molar-refractivity contribution is 5.76. The summed E-state index contributed by atoms with van der Waals surface area (Å²) in [5, 5.41) is 2.89. The lowest BCUT2D eigenvalue weighted by Gasteiger charge is -2.11. The number of hydrogen-bond acceptors (Lipinski definition) is 5. The largest absolute Gasteiger partial charge is 0.464 e. The lowest BCUT2D eigenvalue weighted by Crippen LogP contribution is -2.37. The highest BCUT2D eigenvalue weighted by atomic mass is 16.3. The summed E-state index contributed by atoms with van der Waals surface area (Å²) in [7, 11) is 3.01. The number of carbonyl (C=O) groups excluding carboxylic acids is 1. The lowest BCUT2D eigenvalue weighted by molar-refractivity contribution is -0.122. The van der Waals surface area contributed by atoms with Gasteiger partial charge >= 0.3 is 5.69 Å². The molecule has 1 atom stereocenters. The molecule has 1 amide bonds. The third-order valence-electron chi connectivity index (χ3n) is 4.59. The van der Waals surface area contributed by atoms with Crippen LogP contribution in [0.5, 0.6) is 0 Å². The zero-order chi connectivity index (χ0) is 19.7. The number of carbonyl (C=O) groups is 1. The molecule has 3 aromatic heterocycles. The molecular formula is C18H23N5O4. The molecule has 9 heteroatoms. The number of amides is 1. The Morgan fingerprint density at radius 3 is 2.67 bits per heavy atom. The van der Waals surface area contributed by atoms with Crippen LogP contribution in [0, 0.1) is 6.92 Å². The number of nitrogens with zero attached hydrogens (tertiary/aromatic N) is 4. The van der Waals surface area contributed by atoms with Crippen molar-refractivity contribution in [1.29, 1.82) is 0 Å². The maximum Gasteiger partial charge on any atom is 0.332 e. The van der Waals surface area contributed by atoms with Gasteiger partial charge in [0.05, 0.1) is 12.4 Å². The predicted octanol–water partition coefficient (Wildman–Crippen LogP) is 0.993. The fourth-order valence-electron chi connectivity index (χ4n) is 3.05. The Labute approximate surface area is 155 Å². The summed E-state index contributed by atoms with van der Waals surface area (Å²) in [5.74, 6) is 1.42. The van der Waals surface area contributed by atoms with Gasteiger partial charge in [0, 0.05) is 27.1 Å². The number of hydrogen-bond donors (Lipinski definition) is 1. The van der Waals surface area contributed by atoms with Crippen molar-refractivity contribution in [2.24, 2.45) is 14.1 Å². The van der Waals surface area contributed by atoms with Gasteiger partial charge in [-0.3, -0.25) is 18.7 Å². The molecule has 3 rings (SSSR count). The first-order chi connectivity index (χ1) is 12.8. The van der Waals surface area contributed by atoms with E-state index in [0.717, 1.165) is 10.3 Å². The Bertz CT molecular complexity index is 1100. The van der Waals surface area contributed by atoms with Crippen molar-refractivity contribution < 1.29 is 9.21 Å². The number of furan rings is 1.